The van der Waals surface area contributed by atoms with Crippen LogP contribution in [-0.2, 0) is 14.9 Å². The minimum Gasteiger partial charge on any atom is -0.481 e. The zero-order valence-corrected chi connectivity index (χ0v) is 20.6. The van der Waals surface area contributed by atoms with E-state index in [4.69, 9.17) is 9.72 Å². The highest BCUT2D eigenvalue weighted by Gasteiger charge is 2.41. The van der Waals surface area contributed by atoms with Gasteiger partial charge in [-0.25, -0.2) is 9.37 Å². The molecule has 5 rings (SSSR count). The number of hydrogen-bond acceptors (Lipinski definition) is 4. The third-order valence-corrected chi connectivity index (χ3v) is 7.63. The smallest absolute Gasteiger partial charge is 0.309 e. The second-order valence-electron chi connectivity index (χ2n) is 10.7. The molecule has 0 unspecified atom stereocenters. The number of benzene rings is 1. The Hall–Kier alpha value is -3.26. The monoisotopic (exact) mass is 478 g/mol. The summed E-state index contributed by atoms with van der Waals surface area (Å²) in [7, 11) is 1.69. The molecule has 0 atom stereocenters. The van der Waals surface area contributed by atoms with E-state index < -0.39 is 16.8 Å². The van der Waals surface area contributed by atoms with E-state index in [1.54, 1.807) is 25.4 Å². The van der Waals surface area contributed by atoms with E-state index >= 15 is 0 Å². The number of ether oxygens (including phenoxy) is 1. The van der Waals surface area contributed by atoms with Gasteiger partial charge in [0, 0.05) is 34.9 Å². The number of carboxylic acids is 1. The van der Waals surface area contributed by atoms with E-state index in [9.17, 15) is 14.3 Å². The molecule has 3 aromatic heterocycles. The summed E-state index contributed by atoms with van der Waals surface area (Å²) in [5, 5.41) is 17.8. The first-order chi connectivity index (χ1) is 16.6. The van der Waals surface area contributed by atoms with E-state index in [0.29, 0.717) is 25.1 Å². The van der Waals surface area contributed by atoms with E-state index in [0.717, 1.165) is 46.2 Å². The second-order valence-corrected chi connectivity index (χ2v) is 10.7. The quantitative estimate of drug-likeness (QED) is 0.370. The Balaban J connectivity index is 1.80. The summed E-state index contributed by atoms with van der Waals surface area (Å²) in [6.07, 6.45) is 4.47. The Morgan fingerprint density at radius 2 is 1.97 bits per heavy atom. The van der Waals surface area contributed by atoms with Gasteiger partial charge in [-0.15, -0.1) is 0 Å². The highest BCUT2D eigenvalue weighted by molar-refractivity contribution is 5.94. The van der Waals surface area contributed by atoms with Crippen molar-refractivity contribution in [3.05, 3.63) is 53.6 Å². The minimum atomic E-state index is -0.734. The molecule has 0 saturated heterocycles. The van der Waals surface area contributed by atoms with Gasteiger partial charge in [-0.1, -0.05) is 13.8 Å². The number of nitrogens with zero attached hydrogens (tertiary/aromatic N) is 3. The lowest BCUT2D eigenvalue weighted by Gasteiger charge is -2.36. The topological polar surface area (TPSA) is 93.0 Å². The van der Waals surface area contributed by atoms with Crippen LogP contribution in [0.4, 0.5) is 4.39 Å². The largest absolute Gasteiger partial charge is 0.481 e. The third-order valence-electron chi connectivity index (χ3n) is 7.63. The number of aromatic amines is 1. The molecule has 1 fully saturated rings. The van der Waals surface area contributed by atoms with Crippen LogP contribution >= 0.6 is 0 Å². The van der Waals surface area contributed by atoms with Crippen LogP contribution in [-0.4, -0.2) is 44.5 Å². The first-order valence-corrected chi connectivity index (χ1v) is 12.0. The van der Waals surface area contributed by atoms with Gasteiger partial charge in [0.05, 0.1) is 29.3 Å². The lowest BCUT2D eigenvalue weighted by atomic mass is 9.69. The number of aromatic nitrogens is 4. The fourth-order valence-electron chi connectivity index (χ4n) is 5.69. The number of hydrogen-bond donors (Lipinski definition) is 2. The van der Waals surface area contributed by atoms with E-state index in [-0.39, 0.29) is 11.7 Å². The summed E-state index contributed by atoms with van der Waals surface area (Å²) in [5.74, 6) is -0.883. The molecule has 0 radical (unpaired) electrons. The van der Waals surface area contributed by atoms with Crippen molar-refractivity contribution in [1.29, 1.82) is 0 Å². The van der Waals surface area contributed by atoms with Crippen molar-refractivity contribution in [3.8, 4) is 5.69 Å². The molecule has 2 N–H and O–H groups in total. The van der Waals surface area contributed by atoms with Crippen LogP contribution in [0, 0.1) is 11.2 Å². The van der Waals surface area contributed by atoms with Crippen molar-refractivity contribution < 1.29 is 19.0 Å². The number of aliphatic carboxylic acids is 1. The van der Waals surface area contributed by atoms with Gasteiger partial charge in [-0.3, -0.25) is 9.89 Å². The number of fused-ring (bicyclic) bond motifs is 2. The third kappa shape index (κ3) is 3.89. The Labute approximate surface area is 203 Å². The zero-order valence-electron chi connectivity index (χ0n) is 20.6. The zero-order chi connectivity index (χ0) is 25.0. The van der Waals surface area contributed by atoms with Crippen LogP contribution in [0.15, 0.2) is 36.5 Å². The van der Waals surface area contributed by atoms with Gasteiger partial charge in [0.1, 0.15) is 5.82 Å². The molecule has 184 valence electrons. The fourth-order valence-corrected chi connectivity index (χ4v) is 5.69. The molecular weight excluding hydrogens is 447 g/mol. The van der Waals surface area contributed by atoms with Crippen molar-refractivity contribution in [2.24, 2.45) is 5.41 Å². The van der Waals surface area contributed by atoms with E-state index in [1.807, 2.05) is 6.92 Å². The van der Waals surface area contributed by atoms with Crippen LogP contribution in [0.5, 0.6) is 0 Å². The average Bonchev–Trinajstić information content (AvgIpc) is 3.41. The van der Waals surface area contributed by atoms with Crippen molar-refractivity contribution >= 4 is 28.0 Å². The maximum Gasteiger partial charge on any atom is 0.309 e. The normalized spacial score (nSPS) is 21.1. The van der Waals surface area contributed by atoms with Crippen LogP contribution in [0.2, 0.25) is 0 Å². The fraction of sp³-hybridized carbons (Fsp3) is 0.444. The molecule has 3 heterocycles. The Morgan fingerprint density at radius 1 is 1.29 bits per heavy atom. The Morgan fingerprint density at radius 3 is 2.60 bits per heavy atom. The number of carbonyl (C=O) groups is 1. The SMILES string of the molecule is COCC(C)(C)c1c([C@H]2CC[C@](C)(C(=O)O)CC2)c2nc3[nH]ncc3cc2n1-c1ccc(F)cc1. The summed E-state index contributed by atoms with van der Waals surface area (Å²) in [5.41, 5.74) is 4.43. The Kier molecular flexibility index (Phi) is 5.67. The lowest BCUT2D eigenvalue weighted by molar-refractivity contribution is -0.149. The maximum absolute atomic E-state index is 13.9. The van der Waals surface area contributed by atoms with Gasteiger partial charge < -0.3 is 14.4 Å². The number of pyridine rings is 1. The number of nitrogens with one attached hydrogen (secondary N) is 1. The maximum atomic E-state index is 13.9. The molecule has 0 aliphatic heterocycles. The van der Waals surface area contributed by atoms with Gasteiger partial charge in [-0.05, 0) is 68.9 Å². The minimum absolute atomic E-state index is 0.144. The molecule has 0 bridgehead atoms. The van der Waals surface area contributed by atoms with Crippen LogP contribution in [0.3, 0.4) is 0 Å². The summed E-state index contributed by atoms with van der Waals surface area (Å²) in [6.45, 7) is 6.61. The molecule has 35 heavy (non-hydrogen) atoms. The number of methoxy groups -OCH3 is 1. The predicted molar refractivity (Wildman–Crippen MR) is 133 cm³/mol. The Bertz CT molecular complexity index is 1400. The van der Waals surface area contributed by atoms with Crippen molar-refractivity contribution in [2.75, 3.05) is 13.7 Å². The number of rotatable bonds is 6. The molecule has 1 saturated carbocycles. The first-order valence-electron chi connectivity index (χ1n) is 12.0. The molecule has 7 nitrogen and oxygen atoms in total. The highest BCUT2D eigenvalue weighted by Crippen LogP contribution is 2.49. The van der Waals surface area contributed by atoms with Crippen LogP contribution in [0.25, 0.3) is 27.8 Å². The molecule has 1 aliphatic carbocycles. The standard InChI is InChI=1S/C27H31FN4O3/c1-26(2,15-35-4)23-21(16-9-11-27(3,12-10-16)25(33)34)22-20(13-17-14-29-31-24(17)30-22)32(23)19-7-5-18(28)6-8-19/h5-8,13-14,16H,9-12,15H2,1-4H3,(H,33,34)(H,29,30,31)/t16-,27-. The summed E-state index contributed by atoms with van der Waals surface area (Å²) in [6, 6.07) is 8.58. The molecule has 0 spiro atoms. The molecule has 4 aromatic rings. The number of carboxylic acid groups (broad SMARTS) is 1. The van der Waals surface area contributed by atoms with Crippen molar-refractivity contribution in [1.82, 2.24) is 19.7 Å². The van der Waals surface area contributed by atoms with E-state index in [1.165, 1.54) is 12.1 Å². The molecule has 0 amide bonds. The summed E-state index contributed by atoms with van der Waals surface area (Å²) < 4.78 is 21.7. The van der Waals surface area contributed by atoms with Gasteiger partial charge in [-0.2, -0.15) is 5.10 Å². The van der Waals surface area contributed by atoms with E-state index in [2.05, 4.69) is 34.7 Å². The second kappa shape index (κ2) is 8.45. The molecule has 1 aliphatic rings. The van der Waals surface area contributed by atoms with Crippen LogP contribution < -0.4 is 0 Å². The van der Waals surface area contributed by atoms with Crippen LogP contribution in [0.1, 0.15) is 63.6 Å². The van der Waals surface area contributed by atoms with Crippen molar-refractivity contribution in [2.45, 2.75) is 57.8 Å². The molecular formula is C27H31FN4O3. The van der Waals surface area contributed by atoms with Gasteiger partial charge in [0.15, 0.2) is 5.65 Å². The average molecular weight is 479 g/mol. The summed E-state index contributed by atoms with van der Waals surface area (Å²) in [4.78, 5) is 16.9. The highest BCUT2D eigenvalue weighted by atomic mass is 19.1. The van der Waals surface area contributed by atoms with Crippen molar-refractivity contribution in [3.63, 3.8) is 0 Å². The molecule has 1 aromatic carbocycles. The lowest BCUT2D eigenvalue weighted by Crippen LogP contribution is -2.33. The predicted octanol–water partition coefficient (Wildman–Crippen LogP) is 5.71. The van der Waals surface area contributed by atoms with Gasteiger partial charge >= 0.3 is 5.97 Å². The number of halogens is 1. The summed E-state index contributed by atoms with van der Waals surface area (Å²) >= 11 is 0. The van der Waals surface area contributed by atoms with Gasteiger partial charge in [0.2, 0.25) is 0 Å². The first kappa shape index (κ1) is 23.5. The molecule has 8 heteroatoms. The van der Waals surface area contributed by atoms with Gasteiger partial charge in [0.25, 0.3) is 0 Å². The number of H-pyrrole nitrogens is 1.